The van der Waals surface area contributed by atoms with Crippen molar-refractivity contribution in [3.63, 3.8) is 0 Å². The number of rotatable bonds is 10. The summed E-state index contributed by atoms with van der Waals surface area (Å²) in [5, 5.41) is 21.6. The second-order valence-corrected chi connectivity index (χ2v) is 7.76. The first kappa shape index (κ1) is 23.7. The fourth-order valence-corrected chi connectivity index (χ4v) is 3.82. The zero-order valence-electron chi connectivity index (χ0n) is 18.5. The van der Waals surface area contributed by atoms with Gasteiger partial charge in [0.15, 0.2) is 23.0 Å². The van der Waals surface area contributed by atoms with Crippen molar-refractivity contribution in [3.8, 4) is 34.5 Å². The Morgan fingerprint density at radius 2 is 1.58 bits per heavy atom. The first-order valence-corrected chi connectivity index (χ1v) is 10.5. The summed E-state index contributed by atoms with van der Waals surface area (Å²) in [5.74, 6) is 1.75. The molecule has 33 heavy (non-hydrogen) atoms. The third-order valence-electron chi connectivity index (χ3n) is 4.67. The SMILES string of the molecule is COc1ccc(/C=C\c2cc(OC)c(OC)c(OC)c2)c(OCc2ccc([N+](=O)[O-])s2)c1O. The Morgan fingerprint density at radius 1 is 0.909 bits per heavy atom. The standard InChI is InChI=1S/C23H23NO8S/c1-28-17-9-7-15(6-5-14-11-18(29-2)23(31-4)19(12-14)30-3)22(21(17)25)32-13-16-8-10-20(33-16)24(26)27/h5-12,25H,13H2,1-4H3/b6-5-. The Labute approximate surface area is 194 Å². The van der Waals surface area contributed by atoms with E-state index in [2.05, 4.69) is 0 Å². The zero-order chi connectivity index (χ0) is 24.0. The van der Waals surface area contributed by atoms with E-state index in [0.717, 1.165) is 16.9 Å². The number of hydrogen-bond acceptors (Lipinski definition) is 9. The number of phenols is 1. The number of nitrogens with zero attached hydrogens (tertiary/aromatic N) is 1. The molecule has 0 spiro atoms. The van der Waals surface area contributed by atoms with Gasteiger partial charge in [0, 0.05) is 16.5 Å². The van der Waals surface area contributed by atoms with E-state index in [4.69, 9.17) is 23.7 Å². The molecule has 2 aromatic carbocycles. The smallest absolute Gasteiger partial charge is 0.324 e. The van der Waals surface area contributed by atoms with Crippen molar-refractivity contribution >= 4 is 28.5 Å². The third-order valence-corrected chi connectivity index (χ3v) is 5.68. The molecule has 0 bridgehead atoms. The van der Waals surface area contributed by atoms with Crippen molar-refractivity contribution in [2.45, 2.75) is 6.61 Å². The summed E-state index contributed by atoms with van der Waals surface area (Å²) in [6, 6.07) is 9.96. The number of ether oxygens (including phenoxy) is 5. The molecule has 0 aliphatic heterocycles. The molecule has 0 aliphatic rings. The molecular weight excluding hydrogens is 450 g/mol. The predicted molar refractivity (Wildman–Crippen MR) is 125 cm³/mol. The fraction of sp³-hybridized carbons (Fsp3) is 0.217. The summed E-state index contributed by atoms with van der Waals surface area (Å²) in [7, 11) is 6.04. The van der Waals surface area contributed by atoms with Crippen LogP contribution in [0.2, 0.25) is 0 Å². The maximum Gasteiger partial charge on any atom is 0.324 e. The van der Waals surface area contributed by atoms with Crippen LogP contribution in [-0.4, -0.2) is 38.5 Å². The van der Waals surface area contributed by atoms with Gasteiger partial charge in [0.2, 0.25) is 11.5 Å². The van der Waals surface area contributed by atoms with Gasteiger partial charge in [-0.1, -0.05) is 23.5 Å². The number of thiophene rings is 1. The lowest BCUT2D eigenvalue weighted by Crippen LogP contribution is -1.97. The Hall–Kier alpha value is -3.92. The van der Waals surface area contributed by atoms with Gasteiger partial charge in [-0.05, 0) is 35.9 Å². The van der Waals surface area contributed by atoms with Gasteiger partial charge in [-0.3, -0.25) is 10.1 Å². The summed E-state index contributed by atoms with van der Waals surface area (Å²) in [6.45, 7) is 0.0459. The Kier molecular flexibility index (Phi) is 7.62. The monoisotopic (exact) mass is 473 g/mol. The van der Waals surface area contributed by atoms with Crippen LogP contribution < -0.4 is 23.7 Å². The molecule has 0 saturated heterocycles. The molecule has 1 N–H and O–H groups in total. The van der Waals surface area contributed by atoms with Gasteiger partial charge in [-0.2, -0.15) is 0 Å². The van der Waals surface area contributed by atoms with Crippen LogP contribution in [0.15, 0.2) is 36.4 Å². The summed E-state index contributed by atoms with van der Waals surface area (Å²) in [5.41, 5.74) is 1.34. The lowest BCUT2D eigenvalue weighted by Gasteiger charge is -2.14. The maximum absolute atomic E-state index is 10.9. The molecule has 10 heteroatoms. The van der Waals surface area contributed by atoms with Crippen LogP contribution >= 0.6 is 11.3 Å². The van der Waals surface area contributed by atoms with Crippen LogP contribution in [-0.2, 0) is 6.61 Å². The third kappa shape index (κ3) is 5.29. The number of benzene rings is 2. The largest absolute Gasteiger partial charge is 0.502 e. The van der Waals surface area contributed by atoms with Crippen molar-refractivity contribution in [1.29, 1.82) is 0 Å². The molecule has 0 fully saturated rings. The van der Waals surface area contributed by atoms with Crippen LogP contribution in [0, 0.1) is 10.1 Å². The molecular formula is C23H23NO8S. The number of nitro groups is 1. The van der Waals surface area contributed by atoms with Gasteiger partial charge >= 0.3 is 5.00 Å². The fourth-order valence-electron chi connectivity index (χ4n) is 3.09. The molecule has 0 aliphatic carbocycles. The Balaban J connectivity index is 1.93. The minimum Gasteiger partial charge on any atom is -0.502 e. The average Bonchev–Trinajstić information content (AvgIpc) is 3.30. The minimum absolute atomic E-state index is 0.0194. The van der Waals surface area contributed by atoms with Crippen molar-refractivity contribution in [1.82, 2.24) is 0 Å². The molecule has 3 rings (SSSR count). The highest BCUT2D eigenvalue weighted by atomic mass is 32.1. The van der Waals surface area contributed by atoms with Gasteiger partial charge in [-0.25, -0.2) is 0 Å². The van der Waals surface area contributed by atoms with E-state index in [1.807, 2.05) is 0 Å². The summed E-state index contributed by atoms with van der Waals surface area (Å²) < 4.78 is 27.1. The van der Waals surface area contributed by atoms with E-state index in [-0.39, 0.29) is 28.9 Å². The number of aromatic hydroxyl groups is 1. The Bertz CT molecular complexity index is 1150. The molecule has 0 atom stereocenters. The van der Waals surface area contributed by atoms with E-state index >= 15 is 0 Å². The van der Waals surface area contributed by atoms with Gasteiger partial charge < -0.3 is 28.8 Å². The van der Waals surface area contributed by atoms with Crippen molar-refractivity contribution in [2.75, 3.05) is 28.4 Å². The van der Waals surface area contributed by atoms with E-state index in [9.17, 15) is 15.2 Å². The van der Waals surface area contributed by atoms with Crippen LogP contribution in [0.1, 0.15) is 16.0 Å². The van der Waals surface area contributed by atoms with Crippen LogP contribution in [0.25, 0.3) is 12.2 Å². The predicted octanol–water partition coefficient (Wildman–Crippen LogP) is 5.15. The van der Waals surface area contributed by atoms with Gasteiger partial charge in [0.1, 0.15) is 6.61 Å². The summed E-state index contributed by atoms with van der Waals surface area (Å²) in [6.07, 6.45) is 3.56. The van der Waals surface area contributed by atoms with E-state index in [0.29, 0.717) is 27.7 Å². The first-order valence-electron chi connectivity index (χ1n) is 9.65. The molecule has 3 aromatic rings. The van der Waals surface area contributed by atoms with Gasteiger partial charge in [0.25, 0.3) is 0 Å². The van der Waals surface area contributed by atoms with Crippen LogP contribution in [0.3, 0.4) is 0 Å². The van der Waals surface area contributed by atoms with Crippen molar-refractivity contribution in [3.05, 3.63) is 62.5 Å². The van der Waals surface area contributed by atoms with Crippen molar-refractivity contribution < 1.29 is 33.7 Å². The number of phenolic OH excluding ortho intramolecular Hbond substituents is 1. The highest BCUT2D eigenvalue weighted by Gasteiger charge is 2.16. The second-order valence-electron chi connectivity index (χ2n) is 6.61. The van der Waals surface area contributed by atoms with Crippen LogP contribution in [0.5, 0.6) is 34.5 Å². The Morgan fingerprint density at radius 3 is 2.12 bits per heavy atom. The quantitative estimate of drug-likeness (QED) is 0.245. The maximum atomic E-state index is 10.9. The van der Waals surface area contributed by atoms with E-state index in [1.54, 1.807) is 42.5 Å². The second kappa shape index (κ2) is 10.6. The summed E-state index contributed by atoms with van der Waals surface area (Å²) in [4.78, 5) is 11.1. The molecule has 0 amide bonds. The van der Waals surface area contributed by atoms with Gasteiger partial charge in [-0.15, -0.1) is 0 Å². The lowest BCUT2D eigenvalue weighted by molar-refractivity contribution is -0.380. The lowest BCUT2D eigenvalue weighted by atomic mass is 10.1. The van der Waals surface area contributed by atoms with E-state index < -0.39 is 4.92 Å². The molecule has 0 unspecified atom stereocenters. The molecule has 174 valence electrons. The van der Waals surface area contributed by atoms with Gasteiger partial charge in [0.05, 0.1) is 33.4 Å². The summed E-state index contributed by atoms with van der Waals surface area (Å²) >= 11 is 1.01. The minimum atomic E-state index is -0.456. The number of methoxy groups -OCH3 is 4. The molecule has 0 saturated carbocycles. The normalized spacial score (nSPS) is 10.8. The average molecular weight is 474 g/mol. The molecule has 0 radical (unpaired) electrons. The van der Waals surface area contributed by atoms with Crippen molar-refractivity contribution in [2.24, 2.45) is 0 Å². The van der Waals surface area contributed by atoms with E-state index in [1.165, 1.54) is 34.5 Å². The highest BCUT2D eigenvalue weighted by molar-refractivity contribution is 7.15. The zero-order valence-corrected chi connectivity index (χ0v) is 19.3. The highest BCUT2D eigenvalue weighted by Crippen LogP contribution is 2.42. The first-order chi connectivity index (χ1) is 15.9. The molecule has 1 heterocycles. The number of hydrogen-bond donors (Lipinski definition) is 1. The van der Waals surface area contributed by atoms with Crippen LogP contribution in [0.4, 0.5) is 5.00 Å². The molecule has 1 aromatic heterocycles. The molecule has 9 nitrogen and oxygen atoms in total. The topological polar surface area (TPSA) is 110 Å².